The maximum atomic E-state index is 4.33. The molecule has 1 aromatic carbocycles. The number of aromatic nitrogens is 1. The van der Waals surface area contributed by atoms with E-state index in [9.17, 15) is 0 Å². The molecule has 0 aliphatic rings. The molecule has 3 rings (SSSR count). The van der Waals surface area contributed by atoms with E-state index in [2.05, 4.69) is 59.0 Å². The summed E-state index contributed by atoms with van der Waals surface area (Å²) in [6.07, 6.45) is 4.97. The highest BCUT2D eigenvalue weighted by Gasteiger charge is 2.06. The van der Waals surface area contributed by atoms with Gasteiger partial charge in [-0.3, -0.25) is 4.98 Å². The Balaban J connectivity index is 1.67. The first-order chi connectivity index (χ1) is 9.83. The number of benzene rings is 1. The van der Waals surface area contributed by atoms with Crippen molar-refractivity contribution in [1.29, 1.82) is 0 Å². The lowest BCUT2D eigenvalue weighted by molar-refractivity contribution is 0.549. The molecule has 0 amide bonds. The van der Waals surface area contributed by atoms with Gasteiger partial charge in [0.1, 0.15) is 0 Å². The third kappa shape index (κ3) is 3.06. The molecule has 0 bridgehead atoms. The number of pyridine rings is 1. The van der Waals surface area contributed by atoms with E-state index in [1.54, 1.807) is 0 Å². The van der Waals surface area contributed by atoms with Crippen LogP contribution < -0.4 is 5.32 Å². The monoisotopic (exact) mass is 282 g/mol. The van der Waals surface area contributed by atoms with Crippen molar-refractivity contribution in [2.24, 2.45) is 0 Å². The molecule has 1 N–H and O–H groups in total. The molecule has 1 atom stereocenters. The van der Waals surface area contributed by atoms with Crippen LogP contribution in [0.3, 0.4) is 0 Å². The lowest BCUT2D eigenvalue weighted by Gasteiger charge is -2.14. The number of nitrogens with one attached hydrogen (secondary N) is 1. The number of thiophene rings is 1. The summed E-state index contributed by atoms with van der Waals surface area (Å²) in [4.78, 5) is 5.76. The van der Waals surface area contributed by atoms with Crippen molar-refractivity contribution >= 4 is 22.1 Å². The average molecular weight is 282 g/mol. The second-order valence-electron chi connectivity index (χ2n) is 5.09. The second-order valence-corrected chi connectivity index (χ2v) is 6.12. The van der Waals surface area contributed by atoms with Gasteiger partial charge in [-0.25, -0.2) is 0 Å². The smallest absolute Gasteiger partial charge is 0.0346 e. The van der Waals surface area contributed by atoms with Crippen molar-refractivity contribution in [2.45, 2.75) is 25.9 Å². The van der Waals surface area contributed by atoms with Crippen LogP contribution in [0.1, 0.15) is 17.4 Å². The molecular weight excluding hydrogens is 264 g/mol. The van der Waals surface area contributed by atoms with Crippen LogP contribution in [0.5, 0.6) is 0 Å². The highest BCUT2D eigenvalue weighted by atomic mass is 32.1. The van der Waals surface area contributed by atoms with Gasteiger partial charge >= 0.3 is 0 Å². The summed E-state index contributed by atoms with van der Waals surface area (Å²) in [5.41, 5.74) is 1.26. The largest absolute Gasteiger partial charge is 0.310 e. The van der Waals surface area contributed by atoms with Crippen LogP contribution in [-0.4, -0.2) is 11.0 Å². The molecule has 0 spiro atoms. The Bertz CT molecular complexity index is 671. The topological polar surface area (TPSA) is 24.9 Å². The van der Waals surface area contributed by atoms with Crippen molar-refractivity contribution in [3.63, 3.8) is 0 Å². The quantitative estimate of drug-likeness (QED) is 0.764. The lowest BCUT2D eigenvalue weighted by atomic mass is 10.1. The summed E-state index contributed by atoms with van der Waals surface area (Å²) >= 11 is 1.82. The maximum absolute atomic E-state index is 4.33. The van der Waals surface area contributed by atoms with Gasteiger partial charge in [0.05, 0.1) is 0 Å². The summed E-state index contributed by atoms with van der Waals surface area (Å²) in [6, 6.07) is 13.2. The molecule has 3 heteroatoms. The van der Waals surface area contributed by atoms with Gasteiger partial charge in [0.15, 0.2) is 0 Å². The van der Waals surface area contributed by atoms with Crippen molar-refractivity contribution in [3.8, 4) is 0 Å². The number of fused-ring (bicyclic) bond motifs is 1. The number of hydrogen-bond acceptors (Lipinski definition) is 3. The molecular formula is C17H18N2S. The fourth-order valence-electron chi connectivity index (χ4n) is 2.41. The van der Waals surface area contributed by atoms with Crippen molar-refractivity contribution in [3.05, 3.63) is 64.6 Å². The Morgan fingerprint density at radius 1 is 1.15 bits per heavy atom. The summed E-state index contributed by atoms with van der Waals surface area (Å²) in [6.45, 7) is 3.10. The van der Waals surface area contributed by atoms with Crippen LogP contribution in [-0.2, 0) is 13.0 Å². The molecule has 0 aliphatic heterocycles. The lowest BCUT2D eigenvalue weighted by Crippen LogP contribution is -2.27. The Morgan fingerprint density at radius 2 is 2.05 bits per heavy atom. The fourth-order valence-corrected chi connectivity index (χ4v) is 3.24. The zero-order valence-electron chi connectivity index (χ0n) is 11.5. The van der Waals surface area contributed by atoms with E-state index in [1.807, 2.05) is 23.7 Å². The minimum atomic E-state index is 0.465. The van der Waals surface area contributed by atoms with E-state index in [4.69, 9.17) is 0 Å². The molecule has 2 aromatic heterocycles. The van der Waals surface area contributed by atoms with Crippen molar-refractivity contribution < 1.29 is 0 Å². The molecule has 102 valence electrons. The van der Waals surface area contributed by atoms with E-state index in [0.717, 1.165) is 13.0 Å². The first kappa shape index (κ1) is 13.3. The van der Waals surface area contributed by atoms with E-state index < -0.39 is 0 Å². The Kier molecular flexibility index (Phi) is 4.09. The van der Waals surface area contributed by atoms with E-state index in [1.165, 1.54) is 21.2 Å². The van der Waals surface area contributed by atoms with Crippen LogP contribution >= 0.6 is 11.3 Å². The van der Waals surface area contributed by atoms with Crippen molar-refractivity contribution in [1.82, 2.24) is 10.3 Å². The summed E-state index contributed by atoms with van der Waals surface area (Å²) in [5, 5.41) is 8.23. The Morgan fingerprint density at radius 3 is 2.90 bits per heavy atom. The highest BCUT2D eigenvalue weighted by molar-refractivity contribution is 7.09. The third-order valence-electron chi connectivity index (χ3n) is 3.48. The molecule has 1 unspecified atom stereocenters. The number of nitrogens with zero attached hydrogens (tertiary/aromatic N) is 1. The van der Waals surface area contributed by atoms with Gasteiger partial charge in [0.25, 0.3) is 0 Å². The standard InChI is InChI=1S/C17H18N2S/c1-13(9-16-6-4-8-20-16)19-12-15-11-18-10-14-5-2-3-7-17(14)15/h2-8,10-11,13,19H,9,12H2,1H3. The first-order valence-electron chi connectivity index (χ1n) is 6.90. The van der Waals surface area contributed by atoms with E-state index in [-0.39, 0.29) is 0 Å². The van der Waals surface area contributed by atoms with Gasteiger partial charge in [0.2, 0.25) is 0 Å². The van der Waals surface area contributed by atoms with Gasteiger partial charge in [-0.1, -0.05) is 30.3 Å². The van der Waals surface area contributed by atoms with Crippen LogP contribution in [0, 0.1) is 0 Å². The Hall–Kier alpha value is -1.71. The normalized spacial score (nSPS) is 12.7. The van der Waals surface area contributed by atoms with Crippen LogP contribution in [0.15, 0.2) is 54.2 Å². The average Bonchev–Trinajstić information content (AvgIpc) is 2.98. The predicted molar refractivity (Wildman–Crippen MR) is 86.1 cm³/mol. The second kappa shape index (κ2) is 6.16. The molecule has 2 heterocycles. The molecule has 0 aliphatic carbocycles. The van der Waals surface area contributed by atoms with Crippen LogP contribution in [0.2, 0.25) is 0 Å². The van der Waals surface area contributed by atoms with E-state index in [0.29, 0.717) is 6.04 Å². The molecule has 0 fully saturated rings. The summed E-state index contributed by atoms with van der Waals surface area (Å²) in [7, 11) is 0. The maximum Gasteiger partial charge on any atom is 0.0346 e. The minimum absolute atomic E-state index is 0.465. The summed E-state index contributed by atoms with van der Waals surface area (Å²) in [5.74, 6) is 0. The van der Waals surface area contributed by atoms with Gasteiger partial charge in [-0.15, -0.1) is 11.3 Å². The van der Waals surface area contributed by atoms with Gasteiger partial charge in [-0.05, 0) is 35.7 Å². The fraction of sp³-hybridized carbons (Fsp3) is 0.235. The Labute approximate surface area is 123 Å². The zero-order chi connectivity index (χ0) is 13.8. The zero-order valence-corrected chi connectivity index (χ0v) is 12.4. The molecule has 2 nitrogen and oxygen atoms in total. The number of hydrogen-bond donors (Lipinski definition) is 1. The van der Waals surface area contributed by atoms with Crippen LogP contribution in [0.4, 0.5) is 0 Å². The van der Waals surface area contributed by atoms with Gasteiger partial charge < -0.3 is 5.32 Å². The predicted octanol–water partition coefficient (Wildman–Crippen LogP) is 4.02. The summed E-state index contributed by atoms with van der Waals surface area (Å²) < 4.78 is 0. The van der Waals surface area contributed by atoms with E-state index >= 15 is 0 Å². The SMILES string of the molecule is CC(Cc1cccs1)NCc1cncc2ccccc12. The van der Waals surface area contributed by atoms with Gasteiger partial charge in [-0.2, -0.15) is 0 Å². The molecule has 0 saturated carbocycles. The van der Waals surface area contributed by atoms with Crippen LogP contribution in [0.25, 0.3) is 10.8 Å². The molecule has 20 heavy (non-hydrogen) atoms. The first-order valence-corrected chi connectivity index (χ1v) is 7.78. The third-order valence-corrected chi connectivity index (χ3v) is 4.38. The van der Waals surface area contributed by atoms with Crippen molar-refractivity contribution in [2.75, 3.05) is 0 Å². The number of rotatable bonds is 5. The molecule has 3 aromatic rings. The van der Waals surface area contributed by atoms with Gasteiger partial charge in [0, 0.05) is 35.2 Å². The highest BCUT2D eigenvalue weighted by Crippen LogP contribution is 2.17. The minimum Gasteiger partial charge on any atom is -0.310 e. The molecule has 0 radical (unpaired) electrons. The molecule has 0 saturated heterocycles.